The van der Waals surface area contributed by atoms with Gasteiger partial charge in [0, 0.05) is 23.0 Å². The number of pyridine rings is 1. The van der Waals surface area contributed by atoms with Crippen LogP contribution in [0.4, 0.5) is 0 Å². The van der Waals surface area contributed by atoms with Crippen molar-refractivity contribution in [1.29, 1.82) is 0 Å². The zero-order valence-electron chi connectivity index (χ0n) is 17.4. The highest BCUT2D eigenvalue weighted by Crippen LogP contribution is 2.27. The number of ether oxygens (including phenoxy) is 1. The van der Waals surface area contributed by atoms with E-state index in [1.807, 2.05) is 0 Å². The van der Waals surface area contributed by atoms with Crippen molar-refractivity contribution in [3.63, 3.8) is 0 Å². The average Bonchev–Trinajstić information content (AvgIpc) is 3.50. The molecule has 0 bridgehead atoms. The van der Waals surface area contributed by atoms with Gasteiger partial charge in [-0.1, -0.05) is 6.07 Å². The van der Waals surface area contributed by atoms with Crippen molar-refractivity contribution in [2.24, 2.45) is 0 Å². The number of benzene rings is 2. The average molecular weight is 483 g/mol. The molecule has 0 amide bonds. The fourth-order valence-corrected chi connectivity index (χ4v) is 5.73. The van der Waals surface area contributed by atoms with Gasteiger partial charge in [-0.25, -0.2) is 8.42 Å². The number of aromatic nitrogens is 3. The van der Waals surface area contributed by atoms with Crippen molar-refractivity contribution in [1.82, 2.24) is 18.0 Å². The molecule has 0 saturated carbocycles. The van der Waals surface area contributed by atoms with E-state index in [0.29, 0.717) is 28.1 Å². The van der Waals surface area contributed by atoms with Gasteiger partial charge < -0.3 is 14.1 Å². The highest BCUT2D eigenvalue weighted by Gasteiger charge is 2.29. The van der Waals surface area contributed by atoms with Crippen LogP contribution in [0, 0.1) is 0 Å². The first-order valence-corrected chi connectivity index (χ1v) is 12.1. The smallest absolute Gasteiger partial charge is 0.252 e. The molecule has 1 N–H and O–H groups in total. The molecule has 0 atom stereocenters. The molecule has 9 nitrogen and oxygen atoms in total. The molecule has 5 aromatic rings. The van der Waals surface area contributed by atoms with Crippen LogP contribution in [0.1, 0.15) is 11.3 Å². The van der Waals surface area contributed by atoms with E-state index in [0.717, 1.165) is 17.1 Å². The molecule has 5 rings (SSSR count). The van der Waals surface area contributed by atoms with Gasteiger partial charge in [0.05, 0.1) is 31.6 Å². The maximum atomic E-state index is 13.7. The van der Waals surface area contributed by atoms with E-state index < -0.39 is 10.0 Å². The van der Waals surface area contributed by atoms with Crippen LogP contribution in [0.5, 0.6) is 5.75 Å². The number of aromatic amines is 1. The van der Waals surface area contributed by atoms with E-state index in [9.17, 15) is 13.2 Å². The molecule has 3 aromatic heterocycles. The first kappa shape index (κ1) is 21.3. The molecule has 0 aliphatic carbocycles. The Morgan fingerprint density at radius 2 is 1.97 bits per heavy atom. The van der Waals surface area contributed by atoms with E-state index in [2.05, 4.69) is 13.7 Å². The number of nitrogens with one attached hydrogen (secondary N) is 1. The fourth-order valence-electron chi connectivity index (χ4n) is 3.60. The largest absolute Gasteiger partial charge is 0.497 e. The normalized spacial score (nSPS) is 12.1. The van der Waals surface area contributed by atoms with Crippen molar-refractivity contribution in [3.8, 4) is 5.75 Å². The number of methoxy groups -OCH3 is 1. The summed E-state index contributed by atoms with van der Waals surface area (Å²) in [5.74, 6) is 1.07. The number of rotatable bonds is 7. The van der Waals surface area contributed by atoms with Gasteiger partial charge in [-0.15, -0.1) is 0 Å². The molecule has 0 aliphatic heterocycles. The molecule has 33 heavy (non-hydrogen) atoms. The lowest BCUT2D eigenvalue weighted by molar-refractivity contribution is 0.358. The molecule has 0 radical (unpaired) electrons. The summed E-state index contributed by atoms with van der Waals surface area (Å²) in [6.07, 6.45) is 1.47. The van der Waals surface area contributed by atoms with Gasteiger partial charge in [-0.2, -0.15) is 13.1 Å². The van der Waals surface area contributed by atoms with E-state index in [1.165, 1.54) is 16.6 Å². The molecule has 0 aliphatic rings. The summed E-state index contributed by atoms with van der Waals surface area (Å²) in [6.45, 7) is -0.224. The lowest BCUT2D eigenvalue weighted by Crippen LogP contribution is -2.32. The minimum absolute atomic E-state index is 0.0270. The van der Waals surface area contributed by atoms with Crippen molar-refractivity contribution in [2.45, 2.75) is 18.0 Å². The summed E-state index contributed by atoms with van der Waals surface area (Å²) in [5.41, 5.74) is 1.33. The minimum atomic E-state index is -4.05. The first-order chi connectivity index (χ1) is 16.0. The third-order valence-corrected chi connectivity index (χ3v) is 7.62. The Balaban J connectivity index is 1.61. The molecular weight excluding hydrogens is 464 g/mol. The minimum Gasteiger partial charge on any atom is -0.497 e. The van der Waals surface area contributed by atoms with Crippen LogP contribution >= 0.6 is 11.7 Å². The zero-order valence-corrected chi connectivity index (χ0v) is 19.0. The predicted molar refractivity (Wildman–Crippen MR) is 124 cm³/mol. The third kappa shape index (κ3) is 4.01. The Morgan fingerprint density at radius 3 is 2.76 bits per heavy atom. The van der Waals surface area contributed by atoms with Gasteiger partial charge in [-0.3, -0.25) is 4.79 Å². The molecular formula is C22H18N4O5S2. The zero-order chi connectivity index (χ0) is 23.0. The van der Waals surface area contributed by atoms with Crippen LogP contribution in [-0.4, -0.2) is 33.6 Å². The Labute approximate surface area is 192 Å². The van der Waals surface area contributed by atoms with E-state index in [-0.39, 0.29) is 29.1 Å². The van der Waals surface area contributed by atoms with Crippen molar-refractivity contribution in [2.75, 3.05) is 7.11 Å². The number of hydrogen-bond acceptors (Lipinski definition) is 8. The SMILES string of the molecule is COc1ccc2[nH]c(=O)c(CN(Cc3ccco3)S(=O)(=O)c3cccc4nsnc34)cc2c1. The van der Waals surface area contributed by atoms with E-state index in [1.54, 1.807) is 55.6 Å². The van der Waals surface area contributed by atoms with Crippen molar-refractivity contribution in [3.05, 3.63) is 82.5 Å². The highest BCUT2D eigenvalue weighted by atomic mass is 32.2. The van der Waals surface area contributed by atoms with Crippen LogP contribution in [0.2, 0.25) is 0 Å². The Morgan fingerprint density at radius 1 is 1.09 bits per heavy atom. The Kier molecular flexibility index (Phi) is 5.44. The van der Waals surface area contributed by atoms with Gasteiger partial charge >= 0.3 is 0 Å². The number of H-pyrrole nitrogens is 1. The summed E-state index contributed by atoms with van der Waals surface area (Å²) in [6, 6.07) is 15.1. The molecule has 0 fully saturated rings. The summed E-state index contributed by atoms with van der Waals surface area (Å²) in [5, 5.41) is 0.727. The summed E-state index contributed by atoms with van der Waals surface area (Å²) >= 11 is 0.943. The number of fused-ring (bicyclic) bond motifs is 2. The molecule has 2 aromatic carbocycles. The van der Waals surface area contributed by atoms with Gasteiger partial charge in [0.25, 0.3) is 5.56 Å². The lowest BCUT2D eigenvalue weighted by Gasteiger charge is -2.21. The van der Waals surface area contributed by atoms with E-state index >= 15 is 0 Å². The number of furan rings is 1. The number of hydrogen-bond donors (Lipinski definition) is 1. The summed E-state index contributed by atoms with van der Waals surface area (Å²) in [7, 11) is -2.50. The Bertz CT molecular complexity index is 1610. The molecule has 0 unspecified atom stereocenters. The molecule has 168 valence electrons. The standard InChI is InChI=1S/C22H18N4O5S2/c1-30-16-7-8-18-14(11-16)10-15(22(27)23-18)12-26(13-17-4-3-9-31-17)33(28,29)20-6-2-5-19-21(20)25-32-24-19/h2-11H,12-13H2,1H3,(H,23,27). The van der Waals surface area contributed by atoms with Gasteiger partial charge in [0.15, 0.2) is 0 Å². The molecule has 0 saturated heterocycles. The quantitative estimate of drug-likeness (QED) is 0.377. The predicted octanol–water partition coefficient (Wildman–Crippen LogP) is 3.53. The first-order valence-electron chi connectivity index (χ1n) is 9.89. The van der Waals surface area contributed by atoms with Crippen LogP contribution in [0.3, 0.4) is 0 Å². The maximum absolute atomic E-state index is 13.7. The fraction of sp³-hybridized carbons (Fsp3) is 0.136. The third-order valence-electron chi connectivity index (χ3n) is 5.25. The van der Waals surface area contributed by atoms with Gasteiger partial charge in [0.2, 0.25) is 10.0 Å². The molecule has 3 heterocycles. The topological polar surface area (TPSA) is 118 Å². The highest BCUT2D eigenvalue weighted by molar-refractivity contribution is 7.89. The Hall–Kier alpha value is -3.54. The second-order valence-electron chi connectivity index (χ2n) is 7.32. The monoisotopic (exact) mass is 482 g/mol. The van der Waals surface area contributed by atoms with Crippen molar-refractivity contribution >= 4 is 43.7 Å². The van der Waals surface area contributed by atoms with Crippen LogP contribution in [-0.2, 0) is 23.1 Å². The van der Waals surface area contributed by atoms with Crippen LogP contribution < -0.4 is 10.3 Å². The second kappa shape index (κ2) is 8.43. The van der Waals surface area contributed by atoms with Gasteiger partial charge in [-0.05, 0) is 48.5 Å². The molecule has 0 spiro atoms. The number of sulfonamides is 1. The van der Waals surface area contributed by atoms with E-state index in [4.69, 9.17) is 9.15 Å². The van der Waals surface area contributed by atoms with Crippen molar-refractivity contribution < 1.29 is 17.6 Å². The second-order valence-corrected chi connectivity index (χ2v) is 9.75. The molecule has 11 heteroatoms. The lowest BCUT2D eigenvalue weighted by atomic mass is 10.1. The van der Waals surface area contributed by atoms with Gasteiger partial charge in [0.1, 0.15) is 27.4 Å². The van der Waals surface area contributed by atoms with Crippen LogP contribution in [0.25, 0.3) is 21.9 Å². The van der Waals surface area contributed by atoms with Crippen LogP contribution in [0.15, 0.2) is 75.0 Å². The number of nitrogens with zero attached hydrogens (tertiary/aromatic N) is 3. The maximum Gasteiger partial charge on any atom is 0.252 e. The summed E-state index contributed by atoms with van der Waals surface area (Å²) in [4.78, 5) is 15.6. The summed E-state index contributed by atoms with van der Waals surface area (Å²) < 4.78 is 47.7.